The molecule has 0 saturated heterocycles. The van der Waals surface area contributed by atoms with Crippen LogP contribution in [0.15, 0.2) is 243 Å². The molecule has 4 aliphatic rings. The van der Waals surface area contributed by atoms with Gasteiger partial charge >= 0.3 is 0 Å². The number of hydrogen-bond acceptors (Lipinski definition) is 4. The molecule has 12 aromatic rings. The molecule has 6 aromatic carbocycles. The van der Waals surface area contributed by atoms with Gasteiger partial charge in [-0.1, -0.05) is 182 Å². The number of benzene rings is 6. The summed E-state index contributed by atoms with van der Waals surface area (Å²) in [5.41, 5.74) is 28.3. The smallest absolute Gasteiger partial charge is 0.0737 e. The zero-order valence-electron chi connectivity index (χ0n) is 46.1. The van der Waals surface area contributed by atoms with Gasteiger partial charge in [-0.2, -0.15) is 0 Å². The normalized spacial score (nSPS) is 11.8. The Balaban J connectivity index is 0.000000162. The number of fused-ring (bicyclic) bond motifs is 16. The molecule has 416 valence electrons. The minimum absolute atomic E-state index is 0. The molecule has 0 fully saturated rings. The first-order valence-corrected chi connectivity index (χ1v) is 28.2. The number of nitrogens with zero attached hydrogens (tertiary/aromatic N) is 4. The van der Waals surface area contributed by atoms with E-state index in [-0.39, 0.29) is 42.1 Å². The van der Waals surface area contributed by atoms with Crippen molar-refractivity contribution in [2.24, 2.45) is 0 Å². The second-order valence-corrected chi connectivity index (χ2v) is 20.9. The Bertz CT molecular complexity index is 4500. The second kappa shape index (κ2) is 24.2. The Kier molecular flexibility index (Phi) is 15.5. The van der Waals surface area contributed by atoms with Crippen molar-refractivity contribution in [3.8, 4) is 66.8 Å². The summed E-state index contributed by atoms with van der Waals surface area (Å²) in [6.07, 6.45) is 16.9. The average molecular weight is 1470 g/mol. The molecule has 0 aliphatic carbocycles. The second-order valence-electron chi connectivity index (χ2n) is 20.9. The van der Waals surface area contributed by atoms with Gasteiger partial charge in [-0.25, -0.2) is 19.9 Å². The molecule has 16 bridgehead atoms. The molecule has 10 heterocycles. The molecular formula is C76H52N8Pt2. The summed E-state index contributed by atoms with van der Waals surface area (Å²) in [5.74, 6) is 0. The van der Waals surface area contributed by atoms with Crippen molar-refractivity contribution in [2.45, 2.75) is 0 Å². The van der Waals surface area contributed by atoms with Crippen LogP contribution < -0.4 is 0 Å². The zero-order chi connectivity index (χ0) is 55.8. The van der Waals surface area contributed by atoms with Crippen molar-refractivity contribution in [3.05, 3.63) is 288 Å². The summed E-state index contributed by atoms with van der Waals surface area (Å²) in [5, 5.41) is 0. The van der Waals surface area contributed by atoms with Crippen LogP contribution in [0.1, 0.15) is 45.6 Å². The summed E-state index contributed by atoms with van der Waals surface area (Å²) in [4.78, 5) is 35.5. The van der Waals surface area contributed by atoms with Crippen LogP contribution in [0.4, 0.5) is 0 Å². The first kappa shape index (κ1) is 55.1. The molecule has 6 aromatic heterocycles. The third-order valence-corrected chi connectivity index (χ3v) is 15.5. The predicted molar refractivity (Wildman–Crippen MR) is 350 cm³/mol. The topological polar surface area (TPSA) is 115 Å². The minimum atomic E-state index is 0. The standard InChI is InChI=1S/C44H30N4.C32H22N4.2Pt/c1-5-13-29(14-6-1)41-33-21-23-35(45-33)42(30-15-7-2-8-16-30)37-25-27-39(47-37)44(32-19-11-4-12-20-32)40-28-26-38(48-40)43(31-17-9-3-10-18-31)36-24-22-34(41)46-36;1-3-7-21(8-4-1)31-27-15-11-23(33-27)19-25-13-17-29(35-25)32(22-9-5-2-6-10-22)30-18-14-26(36-30)20-24-12-16-28(31)34-24;;/h1-28,45,48H;1-20,33,36H;;. The van der Waals surface area contributed by atoms with E-state index in [1.807, 2.05) is 36.4 Å². The number of aromatic amines is 4. The third-order valence-electron chi connectivity index (χ3n) is 15.5. The van der Waals surface area contributed by atoms with E-state index in [1.165, 1.54) is 0 Å². The van der Waals surface area contributed by atoms with Crippen molar-refractivity contribution in [1.29, 1.82) is 0 Å². The van der Waals surface area contributed by atoms with E-state index in [2.05, 4.69) is 275 Å². The van der Waals surface area contributed by atoms with Gasteiger partial charge in [-0.05, 0) is 143 Å². The molecule has 0 saturated carbocycles. The molecule has 16 rings (SSSR count). The Morgan fingerprint density at radius 3 is 0.663 bits per heavy atom. The Morgan fingerprint density at radius 1 is 0.198 bits per heavy atom. The fourth-order valence-electron chi connectivity index (χ4n) is 11.7. The van der Waals surface area contributed by atoms with Crippen LogP contribution in [0.3, 0.4) is 0 Å². The summed E-state index contributed by atoms with van der Waals surface area (Å²) in [7, 11) is 0. The van der Waals surface area contributed by atoms with Crippen molar-refractivity contribution >= 4 is 92.7 Å². The fraction of sp³-hybridized carbons (Fsp3) is 0. The van der Waals surface area contributed by atoms with Crippen LogP contribution in [0.25, 0.3) is 160 Å². The SMILES string of the molecule is C1=Cc2nc1c(-c1ccccc1)c1ccc([nH]1)c(-c1ccccc1)c1nc(c(-c3ccccc3)c3ccc([nH]3)c2-c2ccccc2)C=C1.C1=Cc2nc1cc1ccc([nH]1)c(-c1ccccc1)c1nc(cc3ccc([nH]3)c2-c2ccccc2)C=C1.[Pt].[Pt]. The van der Waals surface area contributed by atoms with Crippen LogP contribution in [0, 0.1) is 0 Å². The van der Waals surface area contributed by atoms with E-state index in [1.54, 1.807) is 0 Å². The van der Waals surface area contributed by atoms with Crippen molar-refractivity contribution in [1.82, 2.24) is 39.9 Å². The Morgan fingerprint density at radius 2 is 0.407 bits per heavy atom. The van der Waals surface area contributed by atoms with Crippen molar-refractivity contribution in [2.75, 3.05) is 0 Å². The van der Waals surface area contributed by atoms with Gasteiger partial charge in [-0.15, -0.1) is 0 Å². The number of aromatic nitrogens is 8. The third kappa shape index (κ3) is 10.9. The monoisotopic (exact) mass is 1470 g/mol. The van der Waals surface area contributed by atoms with Gasteiger partial charge in [0.05, 0.1) is 45.6 Å². The largest absolute Gasteiger partial charge is 0.355 e. The molecule has 0 spiro atoms. The van der Waals surface area contributed by atoms with Crippen molar-refractivity contribution < 1.29 is 42.1 Å². The maximum atomic E-state index is 5.35. The molecule has 8 nitrogen and oxygen atoms in total. The summed E-state index contributed by atoms with van der Waals surface area (Å²) >= 11 is 0. The summed E-state index contributed by atoms with van der Waals surface area (Å²) in [6, 6.07) is 84.1. The molecule has 86 heavy (non-hydrogen) atoms. The molecule has 10 heteroatoms. The van der Waals surface area contributed by atoms with E-state index >= 15 is 0 Å². The number of rotatable bonds is 6. The van der Waals surface area contributed by atoms with Gasteiger partial charge < -0.3 is 19.9 Å². The van der Waals surface area contributed by atoms with Gasteiger partial charge in [0.25, 0.3) is 0 Å². The Labute approximate surface area is 525 Å². The molecule has 0 amide bonds. The van der Waals surface area contributed by atoms with Gasteiger partial charge in [0, 0.05) is 120 Å². The quantitative estimate of drug-likeness (QED) is 0.133. The molecule has 0 radical (unpaired) electrons. The zero-order valence-corrected chi connectivity index (χ0v) is 50.7. The van der Waals surface area contributed by atoms with Crippen LogP contribution in [0.5, 0.6) is 0 Å². The fourth-order valence-corrected chi connectivity index (χ4v) is 11.7. The van der Waals surface area contributed by atoms with Gasteiger partial charge in [0.2, 0.25) is 0 Å². The van der Waals surface area contributed by atoms with Crippen LogP contribution >= 0.6 is 0 Å². The maximum absolute atomic E-state index is 5.35. The van der Waals surface area contributed by atoms with Gasteiger partial charge in [0.15, 0.2) is 0 Å². The van der Waals surface area contributed by atoms with Crippen LogP contribution in [-0.4, -0.2) is 39.9 Å². The average Bonchev–Trinajstić information content (AvgIpc) is 2.69. The molecule has 4 aliphatic heterocycles. The van der Waals surface area contributed by atoms with E-state index in [4.69, 9.17) is 19.9 Å². The van der Waals surface area contributed by atoms with Gasteiger partial charge in [-0.3, -0.25) is 0 Å². The molecule has 4 N–H and O–H groups in total. The van der Waals surface area contributed by atoms with E-state index < -0.39 is 0 Å². The minimum Gasteiger partial charge on any atom is -0.355 e. The molecule has 0 atom stereocenters. The van der Waals surface area contributed by atoms with E-state index in [9.17, 15) is 0 Å². The van der Waals surface area contributed by atoms with Crippen LogP contribution in [-0.2, 0) is 42.1 Å². The first-order chi connectivity index (χ1) is 41.6. The maximum Gasteiger partial charge on any atom is 0.0737 e. The predicted octanol–water partition coefficient (Wildman–Crippen LogP) is 19.3. The Hall–Kier alpha value is -10.1. The van der Waals surface area contributed by atoms with Crippen LogP contribution in [0.2, 0.25) is 0 Å². The molecule has 0 unspecified atom stereocenters. The van der Waals surface area contributed by atoms with E-state index in [0.717, 1.165) is 156 Å². The van der Waals surface area contributed by atoms with Crippen molar-refractivity contribution in [3.63, 3.8) is 0 Å². The van der Waals surface area contributed by atoms with Gasteiger partial charge in [0.1, 0.15) is 0 Å². The number of hydrogen-bond donors (Lipinski definition) is 4. The number of H-pyrrole nitrogens is 4. The number of nitrogens with one attached hydrogen (secondary N) is 4. The summed E-state index contributed by atoms with van der Waals surface area (Å²) < 4.78 is 0. The first-order valence-electron chi connectivity index (χ1n) is 28.2. The van der Waals surface area contributed by atoms with E-state index in [0.29, 0.717) is 0 Å². The molecular weight excluding hydrogens is 1420 g/mol. The summed E-state index contributed by atoms with van der Waals surface area (Å²) in [6.45, 7) is 0.